The van der Waals surface area contributed by atoms with E-state index in [2.05, 4.69) is 33.3 Å². The number of hydrogen-bond donors (Lipinski definition) is 1. The molecule has 2 heterocycles. The Balaban J connectivity index is 1.81. The van der Waals surface area contributed by atoms with Crippen LogP contribution >= 0.6 is 15.9 Å². The minimum Gasteiger partial charge on any atom is -0.333 e. The zero-order valence-corrected chi connectivity index (χ0v) is 14.8. The number of rotatable bonds is 5. The third-order valence-corrected chi connectivity index (χ3v) is 4.57. The topological polar surface area (TPSA) is 50.2 Å². The molecule has 6 heteroatoms. The Kier molecular flexibility index (Phi) is 5.13. The molecule has 1 aromatic carbocycles. The second-order valence-electron chi connectivity index (χ2n) is 5.77. The van der Waals surface area contributed by atoms with E-state index in [9.17, 15) is 4.79 Å². The van der Waals surface area contributed by atoms with Gasteiger partial charge in [0, 0.05) is 29.8 Å². The van der Waals surface area contributed by atoms with Gasteiger partial charge in [-0.15, -0.1) is 0 Å². The highest BCUT2D eigenvalue weighted by atomic mass is 79.9. The van der Waals surface area contributed by atoms with Gasteiger partial charge in [0.1, 0.15) is 0 Å². The molecule has 3 rings (SSSR count). The summed E-state index contributed by atoms with van der Waals surface area (Å²) in [5, 5.41) is 7.81. The van der Waals surface area contributed by atoms with Crippen molar-refractivity contribution < 1.29 is 4.79 Å². The summed E-state index contributed by atoms with van der Waals surface area (Å²) in [5.74, 6) is 0.0225. The first kappa shape index (κ1) is 16.2. The first-order valence-electron chi connectivity index (χ1n) is 8.02. The van der Waals surface area contributed by atoms with Crippen molar-refractivity contribution in [2.45, 2.75) is 25.8 Å². The second kappa shape index (κ2) is 7.27. The average molecular weight is 377 g/mol. The minimum absolute atomic E-state index is 0.0225. The molecule has 1 atom stereocenters. The molecule has 1 saturated heterocycles. The van der Waals surface area contributed by atoms with E-state index in [0.717, 1.165) is 42.6 Å². The molecule has 1 aromatic heterocycles. The van der Waals surface area contributed by atoms with Gasteiger partial charge < -0.3 is 10.2 Å². The lowest BCUT2D eigenvalue weighted by atomic mass is 10.2. The van der Waals surface area contributed by atoms with Crippen LogP contribution in [0.3, 0.4) is 0 Å². The lowest BCUT2D eigenvalue weighted by Gasteiger charge is -2.27. The molecule has 2 aromatic rings. The van der Waals surface area contributed by atoms with Crippen LogP contribution in [0.25, 0.3) is 5.69 Å². The predicted molar refractivity (Wildman–Crippen MR) is 93.9 cm³/mol. The smallest absolute Gasteiger partial charge is 0.274 e. The quantitative estimate of drug-likeness (QED) is 0.872. The maximum absolute atomic E-state index is 12.8. The van der Waals surface area contributed by atoms with Crippen LogP contribution in [-0.2, 0) is 0 Å². The highest BCUT2D eigenvalue weighted by molar-refractivity contribution is 9.10. The van der Waals surface area contributed by atoms with Crippen molar-refractivity contribution in [2.24, 2.45) is 0 Å². The van der Waals surface area contributed by atoms with Crippen molar-refractivity contribution >= 4 is 21.8 Å². The first-order chi connectivity index (χ1) is 11.2. The van der Waals surface area contributed by atoms with Crippen LogP contribution in [0.5, 0.6) is 0 Å². The van der Waals surface area contributed by atoms with Gasteiger partial charge in [-0.25, -0.2) is 4.68 Å². The van der Waals surface area contributed by atoms with E-state index < -0.39 is 0 Å². The summed E-state index contributed by atoms with van der Waals surface area (Å²) in [6.45, 7) is 4.72. The van der Waals surface area contributed by atoms with Gasteiger partial charge in [0.25, 0.3) is 5.91 Å². The standard InChI is InChI=1S/C17H21BrN4O/c1-2-9-21(15-6-8-19-12-15)17(23)16-7-10-22(20-16)14-5-3-4-13(18)11-14/h3-5,7,10-11,15,19H,2,6,8-9,12H2,1H3. The monoisotopic (exact) mass is 376 g/mol. The molecule has 23 heavy (non-hydrogen) atoms. The van der Waals surface area contributed by atoms with Crippen LogP contribution in [0.1, 0.15) is 30.3 Å². The molecule has 1 N–H and O–H groups in total. The molecule has 0 saturated carbocycles. The van der Waals surface area contributed by atoms with Crippen molar-refractivity contribution in [3.63, 3.8) is 0 Å². The van der Waals surface area contributed by atoms with E-state index in [-0.39, 0.29) is 11.9 Å². The highest BCUT2D eigenvalue weighted by Crippen LogP contribution is 2.17. The lowest BCUT2D eigenvalue weighted by Crippen LogP contribution is -2.42. The van der Waals surface area contributed by atoms with Crippen molar-refractivity contribution in [1.82, 2.24) is 20.0 Å². The summed E-state index contributed by atoms with van der Waals surface area (Å²) < 4.78 is 2.73. The number of nitrogens with zero attached hydrogens (tertiary/aromatic N) is 3. The van der Waals surface area contributed by atoms with Gasteiger partial charge in [0.15, 0.2) is 5.69 Å². The number of carbonyl (C=O) groups is 1. The summed E-state index contributed by atoms with van der Waals surface area (Å²) in [7, 11) is 0. The van der Waals surface area contributed by atoms with Crippen LogP contribution in [0.4, 0.5) is 0 Å². The van der Waals surface area contributed by atoms with Gasteiger partial charge >= 0.3 is 0 Å². The predicted octanol–water partition coefficient (Wildman–Crippen LogP) is 2.85. The molecular formula is C17H21BrN4O. The molecule has 0 aliphatic carbocycles. The number of hydrogen-bond acceptors (Lipinski definition) is 3. The molecule has 0 spiro atoms. The second-order valence-corrected chi connectivity index (χ2v) is 6.69. The van der Waals surface area contributed by atoms with E-state index in [0.29, 0.717) is 5.69 Å². The Morgan fingerprint density at radius 2 is 2.35 bits per heavy atom. The Morgan fingerprint density at radius 3 is 3.04 bits per heavy atom. The molecule has 0 radical (unpaired) electrons. The Morgan fingerprint density at radius 1 is 1.48 bits per heavy atom. The van der Waals surface area contributed by atoms with Gasteiger partial charge in [0.05, 0.1) is 5.69 Å². The number of halogens is 1. The van der Waals surface area contributed by atoms with Crippen LogP contribution in [0, 0.1) is 0 Å². The molecule has 122 valence electrons. The van der Waals surface area contributed by atoms with Crippen LogP contribution in [-0.4, -0.2) is 46.3 Å². The SMILES string of the molecule is CCCN(C(=O)c1ccn(-c2cccc(Br)c2)n1)C1CCNC1. The summed E-state index contributed by atoms with van der Waals surface area (Å²) >= 11 is 3.46. The summed E-state index contributed by atoms with van der Waals surface area (Å²) in [6.07, 6.45) is 3.80. The normalized spacial score (nSPS) is 17.4. The Labute approximate surface area is 144 Å². The molecule has 1 aliphatic rings. The first-order valence-corrected chi connectivity index (χ1v) is 8.81. The van der Waals surface area contributed by atoms with Gasteiger partial charge in [-0.3, -0.25) is 4.79 Å². The lowest BCUT2D eigenvalue weighted by molar-refractivity contribution is 0.0685. The largest absolute Gasteiger partial charge is 0.333 e. The van der Waals surface area contributed by atoms with Gasteiger partial charge in [-0.05, 0) is 43.7 Å². The number of nitrogens with one attached hydrogen (secondary N) is 1. The average Bonchev–Trinajstić information content (AvgIpc) is 3.23. The van der Waals surface area contributed by atoms with Crippen LogP contribution in [0.15, 0.2) is 41.0 Å². The fourth-order valence-electron chi connectivity index (χ4n) is 2.94. The molecule has 1 amide bonds. The fourth-order valence-corrected chi connectivity index (χ4v) is 3.33. The maximum atomic E-state index is 12.8. The zero-order valence-electron chi connectivity index (χ0n) is 13.2. The van der Waals surface area contributed by atoms with E-state index >= 15 is 0 Å². The van der Waals surface area contributed by atoms with E-state index in [1.807, 2.05) is 35.4 Å². The Bertz CT molecular complexity index is 679. The fraction of sp³-hybridized carbons (Fsp3) is 0.412. The van der Waals surface area contributed by atoms with Gasteiger partial charge in [0.2, 0.25) is 0 Å². The molecule has 1 aliphatic heterocycles. The van der Waals surface area contributed by atoms with Crippen LogP contribution < -0.4 is 5.32 Å². The van der Waals surface area contributed by atoms with Crippen molar-refractivity contribution in [3.8, 4) is 5.69 Å². The molecule has 5 nitrogen and oxygen atoms in total. The van der Waals surface area contributed by atoms with Crippen molar-refractivity contribution in [2.75, 3.05) is 19.6 Å². The number of benzene rings is 1. The Hall–Kier alpha value is -1.66. The number of amides is 1. The minimum atomic E-state index is 0.0225. The van der Waals surface area contributed by atoms with Gasteiger partial charge in [-0.2, -0.15) is 5.10 Å². The zero-order chi connectivity index (χ0) is 16.2. The number of aromatic nitrogens is 2. The van der Waals surface area contributed by atoms with Crippen molar-refractivity contribution in [3.05, 3.63) is 46.7 Å². The molecule has 1 fully saturated rings. The van der Waals surface area contributed by atoms with Gasteiger partial charge in [-0.1, -0.05) is 28.9 Å². The summed E-state index contributed by atoms with van der Waals surface area (Å²) in [5.41, 5.74) is 1.44. The molecular weight excluding hydrogens is 356 g/mol. The van der Waals surface area contributed by atoms with Crippen molar-refractivity contribution in [1.29, 1.82) is 0 Å². The van der Waals surface area contributed by atoms with Crippen LogP contribution in [0.2, 0.25) is 0 Å². The molecule has 0 bridgehead atoms. The number of carbonyl (C=O) groups excluding carboxylic acids is 1. The molecule has 1 unspecified atom stereocenters. The maximum Gasteiger partial charge on any atom is 0.274 e. The van der Waals surface area contributed by atoms with E-state index in [1.54, 1.807) is 10.7 Å². The summed E-state index contributed by atoms with van der Waals surface area (Å²) in [4.78, 5) is 14.8. The third kappa shape index (κ3) is 3.64. The third-order valence-electron chi connectivity index (χ3n) is 4.08. The van der Waals surface area contributed by atoms with E-state index in [4.69, 9.17) is 0 Å². The van der Waals surface area contributed by atoms with E-state index in [1.165, 1.54) is 0 Å². The highest BCUT2D eigenvalue weighted by Gasteiger charge is 2.27. The summed E-state index contributed by atoms with van der Waals surface area (Å²) in [6, 6.07) is 9.95.